The second-order valence-electron chi connectivity index (χ2n) is 7.37. The Kier molecular flexibility index (Phi) is 4.27. The molecule has 1 aromatic rings. The van der Waals surface area contributed by atoms with Crippen molar-refractivity contribution in [2.75, 3.05) is 13.1 Å². The number of piperidine rings is 1. The molecule has 3 atom stereocenters. The molecule has 0 saturated carbocycles. The number of nitrogens with one attached hydrogen (secondary N) is 2. The Morgan fingerprint density at radius 1 is 1.12 bits per heavy atom. The molecular weight excluding hydrogens is 302 g/mol. The highest BCUT2D eigenvalue weighted by molar-refractivity contribution is 5.89. The molecule has 2 bridgehead atoms. The molecular formula is C19H25N3O2. The van der Waals surface area contributed by atoms with Gasteiger partial charge >= 0.3 is 0 Å². The number of amides is 2. The highest BCUT2D eigenvalue weighted by Crippen LogP contribution is 2.34. The SMILES string of the molecule is O=C1NCCN(C(=O)CC2CC3CCC(C2)N3)C1c1ccccc1. The van der Waals surface area contributed by atoms with E-state index in [1.165, 1.54) is 12.8 Å². The first kappa shape index (κ1) is 15.6. The summed E-state index contributed by atoms with van der Waals surface area (Å²) in [6.07, 6.45) is 5.25. The Morgan fingerprint density at radius 2 is 1.83 bits per heavy atom. The van der Waals surface area contributed by atoms with Gasteiger partial charge in [0.2, 0.25) is 11.8 Å². The maximum absolute atomic E-state index is 13.0. The minimum Gasteiger partial charge on any atom is -0.352 e. The van der Waals surface area contributed by atoms with Crippen molar-refractivity contribution in [2.24, 2.45) is 5.92 Å². The lowest BCUT2D eigenvalue weighted by molar-refractivity contribution is -0.144. The Hall–Kier alpha value is -1.88. The Labute approximate surface area is 142 Å². The molecule has 3 aliphatic heterocycles. The molecule has 2 N–H and O–H groups in total. The second kappa shape index (κ2) is 6.55. The van der Waals surface area contributed by atoms with Gasteiger partial charge in [-0.2, -0.15) is 0 Å². The third-order valence-electron chi connectivity index (χ3n) is 5.68. The first-order valence-electron chi connectivity index (χ1n) is 9.09. The quantitative estimate of drug-likeness (QED) is 0.887. The lowest BCUT2D eigenvalue weighted by Crippen LogP contribution is -2.52. The van der Waals surface area contributed by atoms with Gasteiger partial charge in [-0.05, 0) is 37.2 Å². The number of piperazine rings is 1. The fourth-order valence-electron chi connectivity index (χ4n) is 4.61. The fourth-order valence-corrected chi connectivity index (χ4v) is 4.61. The molecule has 4 rings (SSSR count). The number of carbonyl (C=O) groups excluding carboxylic acids is 2. The zero-order valence-electron chi connectivity index (χ0n) is 13.9. The van der Waals surface area contributed by atoms with Gasteiger partial charge in [-0.1, -0.05) is 30.3 Å². The third kappa shape index (κ3) is 3.05. The average Bonchev–Trinajstić information content (AvgIpc) is 2.94. The van der Waals surface area contributed by atoms with Gasteiger partial charge in [0.05, 0.1) is 0 Å². The normalized spacial score (nSPS) is 32.5. The molecule has 3 unspecified atom stereocenters. The van der Waals surface area contributed by atoms with E-state index >= 15 is 0 Å². The van der Waals surface area contributed by atoms with Crippen LogP contribution in [0.2, 0.25) is 0 Å². The third-order valence-corrected chi connectivity index (χ3v) is 5.68. The first-order valence-corrected chi connectivity index (χ1v) is 9.09. The predicted octanol–water partition coefficient (Wildman–Crippen LogP) is 1.61. The van der Waals surface area contributed by atoms with Crippen LogP contribution >= 0.6 is 0 Å². The molecule has 0 aromatic heterocycles. The minimum absolute atomic E-state index is 0.0637. The maximum Gasteiger partial charge on any atom is 0.247 e. The van der Waals surface area contributed by atoms with Gasteiger partial charge in [-0.3, -0.25) is 9.59 Å². The van der Waals surface area contributed by atoms with E-state index in [-0.39, 0.29) is 11.8 Å². The van der Waals surface area contributed by atoms with Crippen molar-refractivity contribution in [1.82, 2.24) is 15.5 Å². The van der Waals surface area contributed by atoms with E-state index < -0.39 is 6.04 Å². The van der Waals surface area contributed by atoms with E-state index in [0.29, 0.717) is 37.5 Å². The van der Waals surface area contributed by atoms with Crippen LogP contribution in [0.1, 0.15) is 43.7 Å². The molecule has 3 fully saturated rings. The van der Waals surface area contributed by atoms with Crippen molar-refractivity contribution in [1.29, 1.82) is 0 Å². The van der Waals surface area contributed by atoms with Gasteiger partial charge in [0, 0.05) is 31.6 Å². The Bertz CT molecular complexity index is 606. The van der Waals surface area contributed by atoms with E-state index in [1.807, 2.05) is 30.3 Å². The fraction of sp³-hybridized carbons (Fsp3) is 0.579. The molecule has 24 heavy (non-hydrogen) atoms. The summed E-state index contributed by atoms with van der Waals surface area (Å²) in [6, 6.07) is 10.3. The van der Waals surface area contributed by atoms with Crippen LogP contribution in [0.15, 0.2) is 30.3 Å². The highest BCUT2D eigenvalue weighted by Gasteiger charge is 2.38. The summed E-state index contributed by atoms with van der Waals surface area (Å²) in [5, 5.41) is 6.53. The van der Waals surface area contributed by atoms with Crippen LogP contribution in [0.25, 0.3) is 0 Å². The lowest BCUT2D eigenvalue weighted by atomic mass is 9.88. The Morgan fingerprint density at radius 3 is 2.54 bits per heavy atom. The smallest absolute Gasteiger partial charge is 0.247 e. The van der Waals surface area contributed by atoms with Crippen LogP contribution in [0.5, 0.6) is 0 Å². The molecule has 3 heterocycles. The summed E-state index contributed by atoms with van der Waals surface area (Å²) in [6.45, 7) is 1.15. The first-order chi connectivity index (χ1) is 11.7. The number of hydrogen-bond donors (Lipinski definition) is 2. The lowest BCUT2D eigenvalue weighted by Gasteiger charge is -2.37. The van der Waals surface area contributed by atoms with Gasteiger partial charge in [-0.25, -0.2) is 0 Å². The van der Waals surface area contributed by atoms with Crippen LogP contribution in [0, 0.1) is 5.92 Å². The number of rotatable bonds is 3. The van der Waals surface area contributed by atoms with Gasteiger partial charge < -0.3 is 15.5 Å². The van der Waals surface area contributed by atoms with E-state index in [4.69, 9.17) is 0 Å². The molecule has 5 nitrogen and oxygen atoms in total. The summed E-state index contributed by atoms with van der Waals surface area (Å²) in [7, 11) is 0. The van der Waals surface area contributed by atoms with E-state index in [0.717, 1.165) is 18.4 Å². The van der Waals surface area contributed by atoms with Crippen LogP contribution in [-0.4, -0.2) is 41.9 Å². The van der Waals surface area contributed by atoms with Crippen molar-refractivity contribution in [2.45, 2.75) is 50.2 Å². The van der Waals surface area contributed by atoms with Gasteiger partial charge in [0.25, 0.3) is 0 Å². The molecule has 5 heteroatoms. The largest absolute Gasteiger partial charge is 0.352 e. The molecule has 3 aliphatic rings. The van der Waals surface area contributed by atoms with Crippen molar-refractivity contribution in [3.05, 3.63) is 35.9 Å². The van der Waals surface area contributed by atoms with Crippen LogP contribution in [0.3, 0.4) is 0 Å². The molecule has 0 spiro atoms. The second-order valence-corrected chi connectivity index (χ2v) is 7.37. The Balaban J connectivity index is 1.48. The number of fused-ring (bicyclic) bond motifs is 2. The zero-order chi connectivity index (χ0) is 16.5. The van der Waals surface area contributed by atoms with Crippen molar-refractivity contribution >= 4 is 11.8 Å². The maximum atomic E-state index is 13.0. The molecule has 128 valence electrons. The summed E-state index contributed by atoms with van der Waals surface area (Å²) < 4.78 is 0. The van der Waals surface area contributed by atoms with E-state index in [1.54, 1.807) is 4.90 Å². The molecule has 1 aromatic carbocycles. The van der Waals surface area contributed by atoms with E-state index in [9.17, 15) is 9.59 Å². The van der Waals surface area contributed by atoms with Gasteiger partial charge in [-0.15, -0.1) is 0 Å². The minimum atomic E-state index is -0.481. The molecule has 2 amide bonds. The van der Waals surface area contributed by atoms with Crippen LogP contribution in [0.4, 0.5) is 0 Å². The summed E-state index contributed by atoms with van der Waals surface area (Å²) in [5.74, 6) is 0.522. The standard InChI is InChI=1S/C19H25N3O2/c23-17(12-13-10-15-6-7-16(11-13)21-15)22-9-8-20-19(24)18(22)14-4-2-1-3-5-14/h1-5,13,15-16,18,21H,6-12H2,(H,20,24). The topological polar surface area (TPSA) is 61.4 Å². The zero-order valence-corrected chi connectivity index (χ0v) is 13.9. The monoisotopic (exact) mass is 327 g/mol. The number of carbonyl (C=O) groups is 2. The van der Waals surface area contributed by atoms with Crippen molar-refractivity contribution in [3.63, 3.8) is 0 Å². The van der Waals surface area contributed by atoms with E-state index in [2.05, 4.69) is 10.6 Å². The van der Waals surface area contributed by atoms with Crippen LogP contribution in [-0.2, 0) is 9.59 Å². The predicted molar refractivity (Wildman–Crippen MR) is 91.2 cm³/mol. The van der Waals surface area contributed by atoms with Crippen molar-refractivity contribution < 1.29 is 9.59 Å². The molecule has 0 aliphatic carbocycles. The number of nitrogens with zero attached hydrogens (tertiary/aromatic N) is 1. The van der Waals surface area contributed by atoms with Crippen molar-refractivity contribution in [3.8, 4) is 0 Å². The summed E-state index contributed by atoms with van der Waals surface area (Å²) in [4.78, 5) is 27.1. The number of hydrogen-bond acceptors (Lipinski definition) is 3. The highest BCUT2D eigenvalue weighted by atomic mass is 16.2. The van der Waals surface area contributed by atoms with Crippen LogP contribution < -0.4 is 10.6 Å². The summed E-state index contributed by atoms with van der Waals surface area (Å²) >= 11 is 0. The summed E-state index contributed by atoms with van der Waals surface area (Å²) in [5.41, 5.74) is 0.897. The molecule has 0 radical (unpaired) electrons. The molecule has 3 saturated heterocycles. The average molecular weight is 327 g/mol. The van der Waals surface area contributed by atoms with Gasteiger partial charge in [0.15, 0.2) is 0 Å². The van der Waals surface area contributed by atoms with Gasteiger partial charge in [0.1, 0.15) is 6.04 Å². The number of benzene rings is 1.